The summed E-state index contributed by atoms with van der Waals surface area (Å²) in [6.45, 7) is 10.6. The number of hydrogen-bond donors (Lipinski definition) is 1. The molecule has 2 aromatic carbocycles. The number of benzene rings is 2. The minimum atomic E-state index is -0.259. The molecule has 3 aromatic rings. The van der Waals surface area contributed by atoms with E-state index < -0.39 is 0 Å². The Morgan fingerprint density at radius 2 is 1.75 bits per heavy atom. The van der Waals surface area contributed by atoms with E-state index in [1.165, 1.54) is 4.80 Å². The van der Waals surface area contributed by atoms with Gasteiger partial charge in [0.1, 0.15) is 22.5 Å². The molecule has 0 saturated carbocycles. The second-order valence-electron chi connectivity index (χ2n) is 9.37. The Hall–Kier alpha value is -2.89. The van der Waals surface area contributed by atoms with Gasteiger partial charge in [0.25, 0.3) is 0 Å². The van der Waals surface area contributed by atoms with Crippen molar-refractivity contribution >= 4 is 17.0 Å². The lowest BCUT2D eigenvalue weighted by Crippen LogP contribution is -2.16. The van der Waals surface area contributed by atoms with Gasteiger partial charge in [0.05, 0.1) is 6.61 Å². The van der Waals surface area contributed by atoms with Crippen LogP contribution in [0.25, 0.3) is 16.7 Å². The molecule has 0 saturated heterocycles. The number of carbonyl (C=O) groups excluding carboxylic acids is 1. The highest BCUT2D eigenvalue weighted by Crippen LogP contribution is 2.39. The molecule has 0 fully saturated rings. The van der Waals surface area contributed by atoms with Gasteiger partial charge in [-0.25, -0.2) is 0 Å². The van der Waals surface area contributed by atoms with Crippen molar-refractivity contribution in [3.05, 3.63) is 47.5 Å². The van der Waals surface area contributed by atoms with Crippen molar-refractivity contribution in [1.29, 1.82) is 0 Å². The fourth-order valence-corrected chi connectivity index (χ4v) is 3.91. The summed E-state index contributed by atoms with van der Waals surface area (Å²) < 4.78 is 5.38. The average molecular weight is 438 g/mol. The van der Waals surface area contributed by atoms with Crippen LogP contribution in [0.4, 0.5) is 0 Å². The Bertz CT molecular complexity index is 1030. The number of unbranched alkanes of at least 4 members (excludes halogenated alkanes) is 1. The van der Waals surface area contributed by atoms with Gasteiger partial charge in [-0.05, 0) is 47.9 Å². The summed E-state index contributed by atoms with van der Waals surface area (Å²) in [6, 6.07) is 11.8. The zero-order valence-electron chi connectivity index (χ0n) is 19.9. The van der Waals surface area contributed by atoms with Crippen molar-refractivity contribution in [2.75, 3.05) is 6.61 Å². The van der Waals surface area contributed by atoms with Gasteiger partial charge in [0.15, 0.2) is 0 Å². The number of aromatic nitrogens is 3. The van der Waals surface area contributed by atoms with Gasteiger partial charge in [-0.3, -0.25) is 4.79 Å². The number of esters is 1. The molecule has 1 heterocycles. The second-order valence-corrected chi connectivity index (χ2v) is 9.37. The summed E-state index contributed by atoms with van der Waals surface area (Å²) in [7, 11) is 0. The number of nitrogens with zero attached hydrogens (tertiary/aromatic N) is 3. The molecule has 6 nitrogen and oxygen atoms in total. The van der Waals surface area contributed by atoms with Crippen molar-refractivity contribution in [2.45, 2.75) is 78.1 Å². The molecule has 1 unspecified atom stereocenters. The molecule has 0 radical (unpaired) electrons. The van der Waals surface area contributed by atoms with Crippen molar-refractivity contribution in [1.82, 2.24) is 15.0 Å². The Balaban J connectivity index is 2.06. The van der Waals surface area contributed by atoms with Gasteiger partial charge < -0.3 is 9.84 Å². The Morgan fingerprint density at radius 3 is 2.31 bits per heavy atom. The third-order valence-electron chi connectivity index (χ3n) is 5.82. The standard InChI is InChI=1S/C26H35N3O3/c1-6-8-11-18(14-15-32-24(30)7-2)19-16-20(26(3,4)5)25(31)23(17-19)29-27-21-12-9-10-13-22(21)28-29/h9-10,12-13,16-18,31H,6-8,11,14-15H2,1-5H3. The SMILES string of the molecule is CCCCC(CCOC(=O)CC)c1cc(-n2nc3ccccc3n2)c(O)c(C(C)(C)C)c1. The molecule has 1 aromatic heterocycles. The first-order chi connectivity index (χ1) is 15.2. The normalized spacial score (nSPS) is 12.8. The van der Waals surface area contributed by atoms with E-state index in [2.05, 4.69) is 44.0 Å². The lowest BCUT2D eigenvalue weighted by molar-refractivity contribution is -0.143. The number of aromatic hydroxyl groups is 1. The number of hydrogen-bond acceptors (Lipinski definition) is 5. The molecule has 6 heteroatoms. The Labute approximate surface area is 190 Å². The van der Waals surface area contributed by atoms with Crippen LogP contribution in [0.2, 0.25) is 0 Å². The van der Waals surface area contributed by atoms with Crippen LogP contribution in [0.15, 0.2) is 36.4 Å². The van der Waals surface area contributed by atoms with Gasteiger partial charge in [-0.15, -0.1) is 15.0 Å². The molecular formula is C26H35N3O3. The monoisotopic (exact) mass is 437 g/mol. The highest BCUT2D eigenvalue weighted by atomic mass is 16.5. The summed E-state index contributed by atoms with van der Waals surface area (Å²) >= 11 is 0. The van der Waals surface area contributed by atoms with Crippen LogP contribution in [0.5, 0.6) is 5.75 Å². The van der Waals surface area contributed by atoms with E-state index in [0.717, 1.165) is 47.8 Å². The third kappa shape index (κ3) is 5.47. The fraction of sp³-hybridized carbons (Fsp3) is 0.500. The smallest absolute Gasteiger partial charge is 0.305 e. The van der Waals surface area contributed by atoms with E-state index in [1.54, 1.807) is 6.92 Å². The predicted molar refractivity (Wildman–Crippen MR) is 127 cm³/mol. The molecule has 172 valence electrons. The maximum Gasteiger partial charge on any atom is 0.305 e. The second kappa shape index (κ2) is 10.2. The zero-order valence-corrected chi connectivity index (χ0v) is 19.9. The van der Waals surface area contributed by atoms with Crippen LogP contribution in [0, 0.1) is 0 Å². The number of ether oxygens (including phenoxy) is 1. The van der Waals surface area contributed by atoms with Crippen molar-refractivity contribution in [3.63, 3.8) is 0 Å². The van der Waals surface area contributed by atoms with Crippen molar-refractivity contribution < 1.29 is 14.6 Å². The number of carbonyl (C=O) groups is 1. The summed E-state index contributed by atoms with van der Waals surface area (Å²) in [5, 5.41) is 20.4. The predicted octanol–water partition coefficient (Wildman–Crippen LogP) is 6.04. The molecule has 3 rings (SSSR count). The molecular weight excluding hydrogens is 402 g/mol. The lowest BCUT2D eigenvalue weighted by Gasteiger charge is -2.25. The Kier molecular flexibility index (Phi) is 7.54. The molecule has 1 atom stereocenters. The van der Waals surface area contributed by atoms with Crippen molar-refractivity contribution in [2.24, 2.45) is 0 Å². The quantitative estimate of drug-likeness (QED) is 0.413. The van der Waals surface area contributed by atoms with Gasteiger partial charge in [-0.1, -0.05) is 65.7 Å². The molecule has 1 N–H and O–H groups in total. The molecule has 0 bridgehead atoms. The molecule has 32 heavy (non-hydrogen) atoms. The highest BCUT2D eigenvalue weighted by Gasteiger charge is 2.25. The first kappa shape index (κ1) is 23.8. The molecule has 0 amide bonds. The van der Waals surface area contributed by atoms with Crippen LogP contribution in [-0.4, -0.2) is 32.7 Å². The maximum absolute atomic E-state index is 11.6. The largest absolute Gasteiger partial charge is 0.505 e. The van der Waals surface area contributed by atoms with E-state index in [1.807, 2.05) is 30.3 Å². The van der Waals surface area contributed by atoms with E-state index in [4.69, 9.17) is 4.74 Å². The van der Waals surface area contributed by atoms with E-state index in [9.17, 15) is 9.90 Å². The summed E-state index contributed by atoms with van der Waals surface area (Å²) in [5.41, 5.74) is 3.86. The average Bonchev–Trinajstić information content (AvgIpc) is 3.19. The van der Waals surface area contributed by atoms with E-state index in [-0.39, 0.29) is 23.1 Å². The van der Waals surface area contributed by atoms with Gasteiger partial charge in [-0.2, -0.15) is 0 Å². The van der Waals surface area contributed by atoms with E-state index in [0.29, 0.717) is 18.7 Å². The molecule has 0 aliphatic heterocycles. The highest BCUT2D eigenvalue weighted by molar-refractivity contribution is 5.74. The number of fused-ring (bicyclic) bond motifs is 1. The third-order valence-corrected chi connectivity index (χ3v) is 5.82. The maximum atomic E-state index is 11.6. The Morgan fingerprint density at radius 1 is 1.09 bits per heavy atom. The van der Waals surface area contributed by atoms with Crippen molar-refractivity contribution in [3.8, 4) is 11.4 Å². The summed E-state index contributed by atoms with van der Waals surface area (Å²) in [6.07, 6.45) is 4.29. The van der Waals surface area contributed by atoms with Gasteiger partial charge >= 0.3 is 5.97 Å². The van der Waals surface area contributed by atoms with E-state index >= 15 is 0 Å². The van der Waals surface area contributed by atoms with Crippen LogP contribution >= 0.6 is 0 Å². The van der Waals surface area contributed by atoms with Crippen LogP contribution in [0.1, 0.15) is 83.8 Å². The minimum absolute atomic E-state index is 0.173. The first-order valence-corrected chi connectivity index (χ1v) is 11.6. The molecule has 0 spiro atoms. The summed E-state index contributed by atoms with van der Waals surface area (Å²) in [4.78, 5) is 13.2. The topological polar surface area (TPSA) is 77.2 Å². The number of phenolic OH excluding ortho intramolecular Hbond substituents is 1. The van der Waals surface area contributed by atoms with Gasteiger partial charge in [0.2, 0.25) is 0 Å². The number of phenols is 1. The van der Waals surface area contributed by atoms with Gasteiger partial charge in [0, 0.05) is 12.0 Å². The molecule has 0 aliphatic rings. The van der Waals surface area contributed by atoms with Crippen LogP contribution in [-0.2, 0) is 14.9 Å². The molecule has 0 aliphatic carbocycles. The summed E-state index contributed by atoms with van der Waals surface area (Å²) in [5.74, 6) is 0.242. The minimum Gasteiger partial charge on any atom is -0.505 e. The van der Waals surface area contributed by atoms with Crippen LogP contribution in [0.3, 0.4) is 0 Å². The fourth-order valence-electron chi connectivity index (χ4n) is 3.91. The van der Waals surface area contributed by atoms with Crippen LogP contribution < -0.4 is 0 Å². The zero-order chi connectivity index (χ0) is 23.3. The number of rotatable bonds is 9. The first-order valence-electron chi connectivity index (χ1n) is 11.6. The lowest BCUT2D eigenvalue weighted by atomic mass is 9.81.